The lowest BCUT2D eigenvalue weighted by Crippen LogP contribution is -2.45. The first kappa shape index (κ1) is 30.1. The maximum absolute atomic E-state index is 12.5. The van der Waals surface area contributed by atoms with Gasteiger partial charge in [-0.1, -0.05) is 17.9 Å². The molecule has 1 aliphatic carbocycles. The number of amides is 2. The molecule has 1 fully saturated rings. The van der Waals surface area contributed by atoms with Gasteiger partial charge in [-0.05, 0) is 71.0 Å². The first-order chi connectivity index (χ1) is 19.3. The number of benzene rings is 1. The molecule has 210 valence electrons. The number of hydrogen-bond acceptors (Lipinski definition) is 8. The van der Waals surface area contributed by atoms with Crippen LogP contribution in [0.2, 0.25) is 0 Å². The van der Waals surface area contributed by atoms with E-state index in [2.05, 4.69) is 43.8 Å². The number of aromatic nitrogens is 2. The zero-order valence-corrected chi connectivity index (χ0v) is 23.7. The van der Waals surface area contributed by atoms with Gasteiger partial charge in [0.25, 0.3) is 0 Å². The Bertz CT molecular complexity index is 1280. The molecule has 0 radical (unpaired) electrons. The molecule has 40 heavy (non-hydrogen) atoms. The van der Waals surface area contributed by atoms with E-state index < -0.39 is 6.04 Å². The normalized spacial score (nSPS) is 13.5. The molecule has 1 atom stereocenters. The third kappa shape index (κ3) is 9.40. The highest BCUT2D eigenvalue weighted by Crippen LogP contribution is 2.25. The van der Waals surface area contributed by atoms with E-state index >= 15 is 0 Å². The van der Waals surface area contributed by atoms with Crippen molar-refractivity contribution in [2.75, 3.05) is 44.9 Å². The monoisotopic (exact) mass is 542 g/mol. The number of rotatable bonds is 12. The van der Waals surface area contributed by atoms with Crippen molar-refractivity contribution in [3.8, 4) is 17.9 Å². The van der Waals surface area contributed by atoms with Crippen molar-refractivity contribution in [1.29, 1.82) is 5.26 Å². The van der Waals surface area contributed by atoms with Crippen molar-refractivity contribution in [1.82, 2.24) is 25.1 Å². The summed E-state index contributed by atoms with van der Waals surface area (Å²) >= 11 is 0. The highest BCUT2D eigenvalue weighted by atomic mass is 16.2. The van der Waals surface area contributed by atoms with Gasteiger partial charge >= 0.3 is 0 Å². The smallest absolute Gasteiger partial charge is 0.246 e. The van der Waals surface area contributed by atoms with Crippen LogP contribution in [0.25, 0.3) is 0 Å². The fourth-order valence-electron chi connectivity index (χ4n) is 3.69. The quantitative estimate of drug-likeness (QED) is 0.212. The summed E-state index contributed by atoms with van der Waals surface area (Å²) in [5.74, 6) is 7.06. The summed E-state index contributed by atoms with van der Waals surface area (Å²) < 4.78 is 0. The number of carbonyl (C=O) groups excluding carboxylic acids is 2. The van der Waals surface area contributed by atoms with Crippen LogP contribution >= 0.6 is 0 Å². The Morgan fingerprint density at radius 3 is 2.60 bits per heavy atom. The lowest BCUT2D eigenvalue weighted by atomic mass is 9.93. The predicted octanol–water partition coefficient (Wildman–Crippen LogP) is 3.27. The maximum Gasteiger partial charge on any atom is 0.246 e. The van der Waals surface area contributed by atoms with Gasteiger partial charge in [-0.25, -0.2) is 4.98 Å². The molecule has 0 aliphatic heterocycles. The molecular formula is C30H38N8O2. The standard InChI is InChI=1S/C30H38N8O2/c1-22(38(4)27(39)13-9-19-37(2)3)29(40)32-18-7-5-6-10-24-21-33-30(36-28(24)34-25-11-8-12-25)35-26-16-14-23(20-31)15-17-26/h9,13-17,21-22,25H,5,7-8,11-12,18-19H2,1-4H3,(H,32,40)(H2,33,34,35,36)/b13-9+/t22-/m0/s1. The van der Waals surface area contributed by atoms with Crippen molar-refractivity contribution < 1.29 is 9.59 Å². The van der Waals surface area contributed by atoms with Crippen LogP contribution in [-0.2, 0) is 9.59 Å². The van der Waals surface area contributed by atoms with Crippen LogP contribution in [0.15, 0.2) is 42.6 Å². The predicted molar refractivity (Wildman–Crippen MR) is 157 cm³/mol. The van der Waals surface area contributed by atoms with E-state index in [4.69, 9.17) is 5.26 Å². The number of anilines is 3. The van der Waals surface area contributed by atoms with Gasteiger partial charge in [0.1, 0.15) is 11.9 Å². The van der Waals surface area contributed by atoms with Gasteiger partial charge < -0.3 is 25.8 Å². The number of carbonyl (C=O) groups is 2. The number of likely N-dealkylation sites (N-methyl/N-ethyl adjacent to an activating group) is 2. The highest BCUT2D eigenvalue weighted by Gasteiger charge is 2.21. The summed E-state index contributed by atoms with van der Waals surface area (Å²) in [6.45, 7) is 2.84. The van der Waals surface area contributed by atoms with Crippen molar-refractivity contribution >= 4 is 29.3 Å². The molecule has 10 nitrogen and oxygen atoms in total. The molecule has 0 spiro atoms. The molecule has 2 aromatic rings. The van der Waals surface area contributed by atoms with Crippen LogP contribution in [0.4, 0.5) is 17.5 Å². The Labute approximate surface area is 236 Å². The second kappa shape index (κ2) is 15.2. The molecule has 1 heterocycles. The third-order valence-corrected chi connectivity index (χ3v) is 6.54. The average molecular weight is 543 g/mol. The third-order valence-electron chi connectivity index (χ3n) is 6.54. The minimum absolute atomic E-state index is 0.199. The van der Waals surface area contributed by atoms with Gasteiger partial charge in [-0.15, -0.1) is 0 Å². The number of unbranched alkanes of at least 4 members (excludes halogenated alkanes) is 1. The van der Waals surface area contributed by atoms with Crippen LogP contribution in [0.5, 0.6) is 0 Å². The van der Waals surface area contributed by atoms with Gasteiger partial charge in [-0.2, -0.15) is 10.2 Å². The van der Waals surface area contributed by atoms with Crippen LogP contribution in [0.3, 0.4) is 0 Å². The molecule has 0 saturated heterocycles. The summed E-state index contributed by atoms with van der Waals surface area (Å²) in [6.07, 6.45) is 9.63. The SMILES string of the molecule is C[C@@H](C(=O)NCCCC#Cc1cnc(Nc2ccc(C#N)cc2)nc1NC1CCC1)N(C)C(=O)/C=C/CN(C)C. The van der Waals surface area contributed by atoms with Gasteiger partial charge in [-0.3, -0.25) is 9.59 Å². The molecular weight excluding hydrogens is 504 g/mol. The van der Waals surface area contributed by atoms with E-state index in [9.17, 15) is 9.59 Å². The van der Waals surface area contributed by atoms with Crippen molar-refractivity contribution in [3.63, 3.8) is 0 Å². The summed E-state index contributed by atoms with van der Waals surface area (Å²) in [5, 5.41) is 18.5. The largest absolute Gasteiger partial charge is 0.366 e. The second-order valence-electron chi connectivity index (χ2n) is 10.0. The Hall–Kier alpha value is -4.41. The minimum Gasteiger partial charge on any atom is -0.366 e. The highest BCUT2D eigenvalue weighted by molar-refractivity contribution is 5.92. The summed E-state index contributed by atoms with van der Waals surface area (Å²) in [6, 6.07) is 9.01. The second-order valence-corrected chi connectivity index (χ2v) is 10.0. The average Bonchev–Trinajstić information content (AvgIpc) is 2.92. The molecule has 1 aliphatic rings. The topological polar surface area (TPSA) is 126 Å². The fraction of sp³-hybridized carbons (Fsp3) is 0.433. The Morgan fingerprint density at radius 2 is 1.95 bits per heavy atom. The minimum atomic E-state index is -0.573. The number of nitriles is 1. The van der Waals surface area contributed by atoms with Crippen LogP contribution in [0, 0.1) is 23.2 Å². The summed E-state index contributed by atoms with van der Waals surface area (Å²) in [7, 11) is 5.47. The zero-order valence-electron chi connectivity index (χ0n) is 23.7. The molecule has 0 bridgehead atoms. The Balaban J connectivity index is 1.51. The summed E-state index contributed by atoms with van der Waals surface area (Å²) in [5.41, 5.74) is 2.10. The molecule has 1 aromatic heterocycles. The van der Waals surface area contributed by atoms with Crippen LogP contribution in [0.1, 0.15) is 50.2 Å². The van der Waals surface area contributed by atoms with E-state index in [1.165, 1.54) is 17.4 Å². The van der Waals surface area contributed by atoms with Crippen molar-refractivity contribution in [2.45, 2.75) is 51.1 Å². The molecule has 2 amide bonds. The van der Waals surface area contributed by atoms with Crippen LogP contribution < -0.4 is 16.0 Å². The van der Waals surface area contributed by atoms with Crippen LogP contribution in [-0.4, -0.2) is 77.9 Å². The first-order valence-electron chi connectivity index (χ1n) is 13.5. The number of nitrogens with one attached hydrogen (secondary N) is 3. The zero-order chi connectivity index (χ0) is 28.9. The van der Waals surface area contributed by atoms with Gasteiger partial charge in [0, 0.05) is 44.4 Å². The molecule has 3 N–H and O–H groups in total. The lowest BCUT2D eigenvalue weighted by molar-refractivity contribution is -0.135. The molecule has 3 rings (SSSR count). The fourth-order valence-corrected chi connectivity index (χ4v) is 3.69. The van der Waals surface area contributed by atoms with Crippen molar-refractivity contribution in [3.05, 3.63) is 53.7 Å². The Kier molecular flexibility index (Phi) is 11.5. The van der Waals surface area contributed by atoms with E-state index in [-0.39, 0.29) is 11.8 Å². The van der Waals surface area contributed by atoms with E-state index in [0.717, 1.165) is 24.1 Å². The van der Waals surface area contributed by atoms with E-state index in [1.54, 1.807) is 38.4 Å². The summed E-state index contributed by atoms with van der Waals surface area (Å²) in [4.78, 5) is 37.2. The number of nitrogens with zero attached hydrogens (tertiary/aromatic N) is 5. The van der Waals surface area contributed by atoms with Gasteiger partial charge in [0.05, 0.1) is 23.4 Å². The Morgan fingerprint density at radius 1 is 1.20 bits per heavy atom. The van der Waals surface area contributed by atoms with Gasteiger partial charge in [0.15, 0.2) is 0 Å². The van der Waals surface area contributed by atoms with E-state index in [0.29, 0.717) is 49.3 Å². The maximum atomic E-state index is 12.5. The lowest BCUT2D eigenvalue weighted by Gasteiger charge is -2.27. The molecule has 1 saturated carbocycles. The van der Waals surface area contributed by atoms with E-state index in [1.807, 2.05) is 31.1 Å². The number of hydrogen-bond donors (Lipinski definition) is 3. The molecule has 10 heteroatoms. The van der Waals surface area contributed by atoms with Crippen molar-refractivity contribution in [2.24, 2.45) is 0 Å². The van der Waals surface area contributed by atoms with Gasteiger partial charge in [0.2, 0.25) is 17.8 Å². The molecule has 0 unspecified atom stereocenters. The first-order valence-corrected chi connectivity index (χ1v) is 13.5. The molecule has 1 aromatic carbocycles.